The summed E-state index contributed by atoms with van der Waals surface area (Å²) in [4.78, 5) is 11.8. The summed E-state index contributed by atoms with van der Waals surface area (Å²) in [7, 11) is 1.43. The summed E-state index contributed by atoms with van der Waals surface area (Å²) in [6, 6.07) is 4.96. The molecule has 0 bridgehead atoms. The molecule has 1 aromatic carbocycles. The number of carbonyl (C=O) groups excluding carboxylic acids is 1. The van der Waals surface area contributed by atoms with Crippen LogP contribution in [0.15, 0.2) is 18.2 Å². The topological polar surface area (TPSA) is 31.2 Å². The minimum Gasteiger partial charge on any atom is -0.469 e. The van der Waals surface area contributed by atoms with Gasteiger partial charge < -0.3 is 9.30 Å². The van der Waals surface area contributed by atoms with Gasteiger partial charge in [0.25, 0.3) is 0 Å². The van der Waals surface area contributed by atoms with Crippen LogP contribution in [0.25, 0.3) is 10.9 Å². The molecule has 112 valence electrons. The van der Waals surface area contributed by atoms with Crippen molar-refractivity contribution in [2.75, 3.05) is 7.11 Å². The highest BCUT2D eigenvalue weighted by atomic mass is 19.1. The Morgan fingerprint density at radius 3 is 3.00 bits per heavy atom. The van der Waals surface area contributed by atoms with E-state index in [2.05, 4.69) is 11.5 Å². The fourth-order valence-corrected chi connectivity index (χ4v) is 3.47. The summed E-state index contributed by atoms with van der Waals surface area (Å²) in [5.74, 6) is -0.487. The van der Waals surface area contributed by atoms with E-state index in [4.69, 9.17) is 4.74 Å². The van der Waals surface area contributed by atoms with E-state index < -0.39 is 0 Å². The second kappa shape index (κ2) is 5.51. The highest BCUT2D eigenvalue weighted by Crippen LogP contribution is 2.35. The zero-order valence-electron chi connectivity index (χ0n) is 12.5. The Bertz CT molecular complexity index is 690. The Morgan fingerprint density at radius 1 is 1.48 bits per heavy atom. The van der Waals surface area contributed by atoms with Crippen molar-refractivity contribution >= 4 is 16.9 Å². The number of benzene rings is 1. The Labute approximate surface area is 123 Å². The molecule has 0 saturated carbocycles. The van der Waals surface area contributed by atoms with Crippen LogP contribution in [-0.2, 0) is 28.9 Å². The Kier molecular flexibility index (Phi) is 3.70. The monoisotopic (exact) mass is 289 g/mol. The second-order valence-electron chi connectivity index (χ2n) is 5.70. The van der Waals surface area contributed by atoms with Crippen molar-refractivity contribution in [3.8, 4) is 0 Å². The van der Waals surface area contributed by atoms with Crippen LogP contribution >= 0.6 is 0 Å². The molecule has 1 aromatic heterocycles. The minimum atomic E-state index is -0.223. The SMILES string of the molecule is CCCn1c2c(c3cc(F)ccc31)CC(C(=O)OC)CC2. The van der Waals surface area contributed by atoms with Crippen LogP contribution in [-0.4, -0.2) is 17.6 Å². The highest BCUT2D eigenvalue weighted by Gasteiger charge is 2.29. The molecule has 0 fully saturated rings. The lowest BCUT2D eigenvalue weighted by atomic mass is 9.86. The van der Waals surface area contributed by atoms with Crippen molar-refractivity contribution in [1.29, 1.82) is 0 Å². The van der Waals surface area contributed by atoms with E-state index in [9.17, 15) is 9.18 Å². The van der Waals surface area contributed by atoms with Gasteiger partial charge in [-0.3, -0.25) is 4.79 Å². The summed E-state index contributed by atoms with van der Waals surface area (Å²) in [6.07, 6.45) is 3.35. The highest BCUT2D eigenvalue weighted by molar-refractivity contribution is 5.87. The molecule has 4 heteroatoms. The summed E-state index contributed by atoms with van der Waals surface area (Å²) >= 11 is 0. The average molecular weight is 289 g/mol. The third kappa shape index (κ3) is 2.33. The van der Waals surface area contributed by atoms with Gasteiger partial charge in [0.2, 0.25) is 0 Å². The van der Waals surface area contributed by atoms with Gasteiger partial charge in [-0.25, -0.2) is 4.39 Å². The molecule has 21 heavy (non-hydrogen) atoms. The molecule has 1 atom stereocenters. The van der Waals surface area contributed by atoms with Gasteiger partial charge in [-0.2, -0.15) is 0 Å². The van der Waals surface area contributed by atoms with Crippen LogP contribution in [0, 0.1) is 11.7 Å². The summed E-state index contributed by atoms with van der Waals surface area (Å²) < 4.78 is 20.8. The first-order chi connectivity index (χ1) is 10.2. The third-order valence-corrected chi connectivity index (χ3v) is 4.41. The van der Waals surface area contributed by atoms with Crippen molar-refractivity contribution in [1.82, 2.24) is 4.57 Å². The smallest absolute Gasteiger partial charge is 0.309 e. The number of hydrogen-bond donors (Lipinski definition) is 0. The van der Waals surface area contributed by atoms with Gasteiger partial charge in [-0.05, 0) is 49.4 Å². The molecule has 1 aliphatic carbocycles. The zero-order chi connectivity index (χ0) is 15.0. The lowest BCUT2D eigenvalue weighted by Gasteiger charge is -2.22. The number of esters is 1. The Balaban J connectivity index is 2.13. The zero-order valence-corrected chi connectivity index (χ0v) is 12.5. The van der Waals surface area contributed by atoms with E-state index in [-0.39, 0.29) is 17.7 Å². The fraction of sp³-hybridized carbons (Fsp3) is 0.471. The number of nitrogens with zero attached hydrogens (tertiary/aromatic N) is 1. The minimum absolute atomic E-state index is 0.105. The maximum Gasteiger partial charge on any atom is 0.309 e. The van der Waals surface area contributed by atoms with E-state index in [1.807, 2.05) is 6.07 Å². The number of ether oxygens (including phenoxy) is 1. The molecule has 3 rings (SSSR count). The van der Waals surface area contributed by atoms with Crippen molar-refractivity contribution < 1.29 is 13.9 Å². The third-order valence-electron chi connectivity index (χ3n) is 4.41. The maximum atomic E-state index is 13.6. The number of carbonyl (C=O) groups is 1. The van der Waals surface area contributed by atoms with Crippen LogP contribution < -0.4 is 0 Å². The van der Waals surface area contributed by atoms with Gasteiger partial charge in [0.1, 0.15) is 5.82 Å². The molecule has 0 saturated heterocycles. The van der Waals surface area contributed by atoms with Gasteiger partial charge in [-0.15, -0.1) is 0 Å². The molecule has 1 heterocycles. The van der Waals surface area contributed by atoms with Crippen molar-refractivity contribution in [3.63, 3.8) is 0 Å². The van der Waals surface area contributed by atoms with E-state index >= 15 is 0 Å². The molecule has 1 aliphatic rings. The summed E-state index contributed by atoms with van der Waals surface area (Å²) in [6.45, 7) is 3.07. The molecule has 0 aliphatic heterocycles. The Hall–Kier alpha value is -1.84. The van der Waals surface area contributed by atoms with Crippen LogP contribution in [0.4, 0.5) is 4.39 Å². The lowest BCUT2D eigenvalue weighted by Crippen LogP contribution is -2.24. The summed E-state index contributed by atoms with van der Waals surface area (Å²) in [5.41, 5.74) is 3.46. The number of fused-ring (bicyclic) bond motifs is 3. The number of aromatic nitrogens is 1. The number of hydrogen-bond acceptors (Lipinski definition) is 2. The van der Waals surface area contributed by atoms with Crippen LogP contribution in [0.5, 0.6) is 0 Å². The molecular formula is C17H20FNO2. The van der Waals surface area contributed by atoms with E-state index in [1.54, 1.807) is 6.07 Å². The number of rotatable bonds is 3. The van der Waals surface area contributed by atoms with E-state index in [1.165, 1.54) is 18.9 Å². The number of aryl methyl sites for hydroxylation is 1. The van der Waals surface area contributed by atoms with Crippen LogP contribution in [0.1, 0.15) is 31.0 Å². The molecule has 0 N–H and O–H groups in total. The number of methoxy groups -OCH3 is 1. The second-order valence-corrected chi connectivity index (χ2v) is 5.70. The van der Waals surface area contributed by atoms with Gasteiger partial charge in [0, 0.05) is 23.1 Å². The molecule has 1 unspecified atom stereocenters. The quantitative estimate of drug-likeness (QED) is 0.810. The fourth-order valence-electron chi connectivity index (χ4n) is 3.47. The molecular weight excluding hydrogens is 269 g/mol. The normalized spacial score (nSPS) is 17.8. The maximum absolute atomic E-state index is 13.6. The molecule has 0 amide bonds. The standard InChI is InChI=1S/C17H20FNO2/c1-3-8-19-15-6-4-11(17(20)21-2)9-13(15)14-10-12(18)5-7-16(14)19/h5,7,10-11H,3-4,6,8-9H2,1-2H3. The van der Waals surface area contributed by atoms with Gasteiger partial charge in [0.05, 0.1) is 13.0 Å². The predicted octanol–water partition coefficient (Wildman–Crippen LogP) is 3.47. The van der Waals surface area contributed by atoms with Gasteiger partial charge >= 0.3 is 5.97 Å². The first kappa shape index (κ1) is 14.1. The molecule has 2 aromatic rings. The largest absolute Gasteiger partial charge is 0.469 e. The number of halogens is 1. The predicted molar refractivity (Wildman–Crippen MR) is 79.7 cm³/mol. The first-order valence-electron chi connectivity index (χ1n) is 7.53. The van der Waals surface area contributed by atoms with Crippen LogP contribution in [0.3, 0.4) is 0 Å². The first-order valence-corrected chi connectivity index (χ1v) is 7.53. The molecule has 0 spiro atoms. The van der Waals surface area contributed by atoms with E-state index in [0.717, 1.165) is 42.3 Å². The van der Waals surface area contributed by atoms with Gasteiger partial charge in [-0.1, -0.05) is 6.92 Å². The van der Waals surface area contributed by atoms with Crippen molar-refractivity contribution in [2.45, 2.75) is 39.2 Å². The van der Waals surface area contributed by atoms with Gasteiger partial charge in [0.15, 0.2) is 0 Å². The van der Waals surface area contributed by atoms with Crippen molar-refractivity contribution in [2.24, 2.45) is 5.92 Å². The van der Waals surface area contributed by atoms with Crippen molar-refractivity contribution in [3.05, 3.63) is 35.3 Å². The lowest BCUT2D eigenvalue weighted by molar-refractivity contribution is -0.145. The Morgan fingerprint density at radius 2 is 2.29 bits per heavy atom. The van der Waals surface area contributed by atoms with Crippen LogP contribution in [0.2, 0.25) is 0 Å². The molecule has 3 nitrogen and oxygen atoms in total. The molecule has 0 radical (unpaired) electrons. The summed E-state index contributed by atoms with van der Waals surface area (Å²) in [5, 5.41) is 0.951. The van der Waals surface area contributed by atoms with E-state index in [0.29, 0.717) is 6.42 Å². The average Bonchev–Trinajstić information content (AvgIpc) is 2.80.